The summed E-state index contributed by atoms with van der Waals surface area (Å²) in [6.07, 6.45) is 6.89. The van der Waals surface area contributed by atoms with E-state index in [2.05, 4.69) is 21.3 Å². The molecule has 41 heavy (non-hydrogen) atoms. The molecular weight excluding hydrogens is 525 g/mol. The Morgan fingerprint density at radius 1 is 1.29 bits per heavy atom. The molecule has 2 aliphatic carbocycles. The molecule has 1 saturated heterocycles. The van der Waals surface area contributed by atoms with Crippen molar-refractivity contribution >= 4 is 28.4 Å². The van der Waals surface area contributed by atoms with E-state index in [0.29, 0.717) is 53.1 Å². The maximum absolute atomic E-state index is 15.3. The molecule has 1 spiro atoms. The smallest absolute Gasteiger partial charge is 0.341 e. The first kappa shape index (κ1) is 25.2. The highest BCUT2D eigenvalue weighted by molar-refractivity contribution is 6.00. The number of carboxylic acid groups (broad SMARTS) is 1. The summed E-state index contributed by atoms with van der Waals surface area (Å²) in [5.41, 5.74) is 11.1. The summed E-state index contributed by atoms with van der Waals surface area (Å²) in [5, 5.41) is 22.9. The van der Waals surface area contributed by atoms with Crippen LogP contribution >= 0.6 is 0 Å². The number of aryl methyl sites for hydroxylation is 1. The fourth-order valence-corrected chi connectivity index (χ4v) is 6.73. The quantitative estimate of drug-likeness (QED) is 0.306. The molecule has 0 unspecified atom stereocenters. The summed E-state index contributed by atoms with van der Waals surface area (Å²) in [6.45, 7) is 1.42. The van der Waals surface area contributed by atoms with Crippen LogP contribution in [0.2, 0.25) is 0 Å². The number of anilines is 2. The molecule has 2 fully saturated rings. The second-order valence-corrected chi connectivity index (χ2v) is 11.2. The lowest BCUT2D eigenvalue weighted by Crippen LogP contribution is -2.24. The average molecular weight is 552 g/mol. The molecule has 4 heterocycles. The molecule has 11 heteroatoms. The van der Waals surface area contributed by atoms with Gasteiger partial charge in [-0.25, -0.2) is 14.2 Å². The van der Waals surface area contributed by atoms with Crippen molar-refractivity contribution in [2.45, 2.75) is 25.3 Å². The fraction of sp³-hybridized carbons (Fsp3) is 0.300. The average Bonchev–Trinajstić information content (AvgIpc) is 3.26. The number of carboxylic acids is 1. The molecular formula is C30H26FN7O3. The van der Waals surface area contributed by atoms with Crippen molar-refractivity contribution in [3.05, 3.63) is 69.1 Å². The van der Waals surface area contributed by atoms with Gasteiger partial charge < -0.3 is 25.6 Å². The molecule has 7 rings (SSSR count). The number of hydrogen-bond acceptors (Lipinski definition) is 8. The van der Waals surface area contributed by atoms with Crippen LogP contribution in [-0.4, -0.2) is 51.8 Å². The van der Waals surface area contributed by atoms with Crippen LogP contribution in [0.15, 0.2) is 35.5 Å². The number of rotatable bonds is 4. The van der Waals surface area contributed by atoms with E-state index in [9.17, 15) is 20.0 Å². The van der Waals surface area contributed by atoms with Crippen molar-refractivity contribution in [3.63, 3.8) is 0 Å². The monoisotopic (exact) mass is 551 g/mol. The van der Waals surface area contributed by atoms with E-state index in [0.717, 1.165) is 29.8 Å². The van der Waals surface area contributed by atoms with Gasteiger partial charge in [0.2, 0.25) is 5.43 Å². The van der Waals surface area contributed by atoms with Gasteiger partial charge in [-0.05, 0) is 30.5 Å². The highest BCUT2D eigenvalue weighted by Crippen LogP contribution is 2.56. The minimum absolute atomic E-state index is 0.0128. The number of nitrogens with one attached hydrogen (secondary N) is 1. The molecule has 0 radical (unpaired) electrons. The SMILES string of the molecule is CNc1cc(F)c(C#N)c2c1Cc1ncc(-c3cnc4c(c3)c(=O)c(C(=O)O)cn4C)c(N3CC[C@]4(C[C@H]4N)C3)c1-2. The van der Waals surface area contributed by atoms with Gasteiger partial charge in [0, 0.05) is 91.6 Å². The lowest BCUT2D eigenvalue weighted by Gasteiger charge is -2.26. The van der Waals surface area contributed by atoms with Crippen molar-refractivity contribution in [2.24, 2.45) is 18.2 Å². The molecule has 1 aliphatic heterocycles. The number of nitrogens with zero attached hydrogens (tertiary/aromatic N) is 5. The van der Waals surface area contributed by atoms with Crippen LogP contribution in [0, 0.1) is 22.6 Å². The van der Waals surface area contributed by atoms with Gasteiger partial charge in [0.15, 0.2) is 0 Å². The Hall–Kier alpha value is -4.82. The van der Waals surface area contributed by atoms with Gasteiger partial charge in [-0.3, -0.25) is 9.78 Å². The number of fused-ring (bicyclic) bond motifs is 4. The Balaban J connectivity index is 1.52. The van der Waals surface area contributed by atoms with Gasteiger partial charge in [-0.2, -0.15) is 5.26 Å². The molecule has 10 nitrogen and oxygen atoms in total. The summed E-state index contributed by atoms with van der Waals surface area (Å²) in [7, 11) is 3.36. The number of aromatic nitrogens is 3. The lowest BCUT2D eigenvalue weighted by atomic mass is 9.94. The molecule has 1 saturated carbocycles. The number of benzene rings is 1. The van der Waals surface area contributed by atoms with Crippen LogP contribution in [0.4, 0.5) is 15.8 Å². The van der Waals surface area contributed by atoms with Crippen molar-refractivity contribution in [3.8, 4) is 28.3 Å². The fourth-order valence-electron chi connectivity index (χ4n) is 6.73. The van der Waals surface area contributed by atoms with E-state index < -0.39 is 17.2 Å². The van der Waals surface area contributed by atoms with E-state index in [-0.39, 0.29) is 28.0 Å². The molecule has 0 bridgehead atoms. The summed E-state index contributed by atoms with van der Waals surface area (Å²) in [6, 6.07) is 5.18. The van der Waals surface area contributed by atoms with E-state index >= 15 is 4.39 Å². The van der Waals surface area contributed by atoms with E-state index in [1.165, 1.54) is 16.8 Å². The largest absolute Gasteiger partial charge is 0.477 e. The second kappa shape index (κ2) is 8.59. The number of aromatic carboxylic acids is 1. The van der Waals surface area contributed by atoms with Crippen LogP contribution in [0.25, 0.3) is 33.3 Å². The topological polar surface area (TPSA) is 150 Å². The molecule has 2 atom stereocenters. The predicted molar refractivity (Wildman–Crippen MR) is 151 cm³/mol. The van der Waals surface area contributed by atoms with E-state index in [1.54, 1.807) is 32.6 Å². The van der Waals surface area contributed by atoms with Crippen LogP contribution in [-0.2, 0) is 13.5 Å². The maximum atomic E-state index is 15.3. The molecule has 206 valence electrons. The summed E-state index contributed by atoms with van der Waals surface area (Å²) >= 11 is 0. The van der Waals surface area contributed by atoms with Crippen molar-refractivity contribution < 1.29 is 14.3 Å². The number of halogens is 1. The number of nitriles is 1. The second-order valence-electron chi connectivity index (χ2n) is 11.2. The highest BCUT2D eigenvalue weighted by atomic mass is 19.1. The third kappa shape index (κ3) is 3.50. The summed E-state index contributed by atoms with van der Waals surface area (Å²) in [5.74, 6) is -1.93. The van der Waals surface area contributed by atoms with Crippen molar-refractivity contribution in [2.75, 3.05) is 30.4 Å². The number of carbonyl (C=O) groups is 1. The lowest BCUT2D eigenvalue weighted by molar-refractivity contribution is 0.0695. The predicted octanol–water partition coefficient (Wildman–Crippen LogP) is 3.24. The van der Waals surface area contributed by atoms with E-state index in [1.807, 2.05) is 0 Å². The first-order valence-electron chi connectivity index (χ1n) is 13.4. The first-order chi connectivity index (χ1) is 19.7. The molecule has 4 aromatic rings. The molecule has 4 N–H and O–H groups in total. The van der Waals surface area contributed by atoms with Crippen molar-refractivity contribution in [1.29, 1.82) is 5.26 Å². The standard InChI is InChI=1S/C30H26FN7O3/c1-34-21-7-20(31)17(9-32)24-15(21)6-22-25(24)26(38-4-3-30(13-38)8-23(30)33)18(11-35-22)14-5-16-27(39)19(29(40)41)12-37(2)28(16)36-10-14/h5,7,10-12,23,34H,3-4,6,8,13,33H2,1-2H3,(H,40,41)/t23-,30+/m1/s1. The van der Waals surface area contributed by atoms with Crippen LogP contribution in [0.5, 0.6) is 0 Å². The minimum atomic E-state index is -1.32. The third-order valence-corrected chi connectivity index (χ3v) is 9.00. The zero-order valence-corrected chi connectivity index (χ0v) is 22.5. The summed E-state index contributed by atoms with van der Waals surface area (Å²) < 4.78 is 16.8. The Morgan fingerprint density at radius 2 is 2.07 bits per heavy atom. The van der Waals surface area contributed by atoms with Gasteiger partial charge in [0.25, 0.3) is 0 Å². The van der Waals surface area contributed by atoms with Gasteiger partial charge in [-0.15, -0.1) is 0 Å². The van der Waals surface area contributed by atoms with Crippen LogP contribution < -0.4 is 21.4 Å². The zero-order chi connectivity index (χ0) is 28.8. The first-order valence-corrected chi connectivity index (χ1v) is 13.4. The van der Waals surface area contributed by atoms with Gasteiger partial charge in [0.1, 0.15) is 23.1 Å². The van der Waals surface area contributed by atoms with Gasteiger partial charge >= 0.3 is 5.97 Å². The van der Waals surface area contributed by atoms with Gasteiger partial charge in [0.05, 0.1) is 22.3 Å². The van der Waals surface area contributed by atoms with E-state index in [4.69, 9.17) is 10.7 Å². The van der Waals surface area contributed by atoms with Crippen LogP contribution in [0.1, 0.15) is 40.0 Å². The zero-order valence-electron chi connectivity index (χ0n) is 22.5. The minimum Gasteiger partial charge on any atom is -0.477 e. The Kier molecular flexibility index (Phi) is 5.27. The molecule has 0 amide bonds. The molecule has 3 aliphatic rings. The number of nitrogens with two attached hydrogens (primary N) is 1. The third-order valence-electron chi connectivity index (χ3n) is 9.00. The van der Waals surface area contributed by atoms with Crippen molar-refractivity contribution in [1.82, 2.24) is 14.5 Å². The molecule has 1 aromatic carbocycles. The number of hydrogen-bond donors (Lipinski definition) is 3. The summed E-state index contributed by atoms with van der Waals surface area (Å²) in [4.78, 5) is 36.5. The number of pyridine rings is 3. The Morgan fingerprint density at radius 3 is 2.73 bits per heavy atom. The molecule has 3 aromatic heterocycles. The normalized spacial score (nSPS) is 20.3. The Labute approximate surface area is 233 Å². The van der Waals surface area contributed by atoms with Gasteiger partial charge in [-0.1, -0.05) is 0 Å². The van der Waals surface area contributed by atoms with Crippen LogP contribution in [0.3, 0.4) is 0 Å². The Bertz CT molecular complexity index is 1950. The highest BCUT2D eigenvalue weighted by Gasteiger charge is 2.56. The maximum Gasteiger partial charge on any atom is 0.341 e.